The number of allylic oxidation sites excluding steroid dienone is 2. The first-order chi connectivity index (χ1) is 6.69. The summed E-state index contributed by atoms with van der Waals surface area (Å²) < 4.78 is 71.7. The highest BCUT2D eigenvalue weighted by Gasteiger charge is 2.54. The normalized spacial score (nSPS) is 14.1. The number of alkyl halides is 6. The summed E-state index contributed by atoms with van der Waals surface area (Å²) >= 11 is 0. The van der Waals surface area contributed by atoms with Crippen LogP contribution in [-0.4, -0.2) is 12.4 Å². The molecule has 0 bridgehead atoms. The number of hydrogen-bond donors (Lipinski definition) is 0. The van der Waals surface area contributed by atoms with E-state index in [2.05, 4.69) is 0 Å². The minimum absolute atomic E-state index is 0.190. The molecule has 0 amide bonds. The first-order valence-corrected chi connectivity index (χ1v) is 4.49. The lowest BCUT2D eigenvalue weighted by atomic mass is 10.1. The molecule has 0 aromatic carbocycles. The standard InChI is InChI=1S/C9H12F6/c1-2-3-4-5-6-7(8(10,11)12)9(13,14)15/h5-7H,2-4H2,1H3. The van der Waals surface area contributed by atoms with Gasteiger partial charge in [-0.05, 0) is 6.42 Å². The lowest BCUT2D eigenvalue weighted by molar-refractivity contribution is -0.267. The van der Waals surface area contributed by atoms with Gasteiger partial charge in [-0.2, -0.15) is 26.3 Å². The predicted octanol–water partition coefficient (Wildman–Crippen LogP) is 4.47. The van der Waals surface area contributed by atoms with Gasteiger partial charge in [0.1, 0.15) is 0 Å². The van der Waals surface area contributed by atoms with Crippen molar-refractivity contribution in [3.63, 3.8) is 0 Å². The fourth-order valence-electron chi connectivity index (χ4n) is 0.958. The van der Waals surface area contributed by atoms with Crippen LogP contribution in [0.5, 0.6) is 0 Å². The van der Waals surface area contributed by atoms with Crippen LogP contribution in [0.1, 0.15) is 26.2 Å². The topological polar surface area (TPSA) is 0 Å². The van der Waals surface area contributed by atoms with Crippen molar-refractivity contribution in [1.82, 2.24) is 0 Å². The van der Waals surface area contributed by atoms with Crippen LogP contribution in [0.25, 0.3) is 0 Å². The first kappa shape index (κ1) is 14.3. The van der Waals surface area contributed by atoms with Crippen molar-refractivity contribution in [3.8, 4) is 0 Å². The van der Waals surface area contributed by atoms with Gasteiger partial charge < -0.3 is 0 Å². The number of hydrogen-bond acceptors (Lipinski definition) is 0. The highest BCUT2D eigenvalue weighted by molar-refractivity contribution is 4.95. The molecule has 0 saturated carbocycles. The Morgan fingerprint density at radius 2 is 1.47 bits per heavy atom. The van der Waals surface area contributed by atoms with Crippen LogP contribution < -0.4 is 0 Å². The van der Waals surface area contributed by atoms with Gasteiger partial charge in [0.2, 0.25) is 0 Å². The summed E-state index contributed by atoms with van der Waals surface area (Å²) in [7, 11) is 0. The molecule has 0 aromatic rings. The molecule has 0 nitrogen and oxygen atoms in total. The maximum atomic E-state index is 12.0. The fraction of sp³-hybridized carbons (Fsp3) is 0.778. The van der Waals surface area contributed by atoms with Crippen molar-refractivity contribution in [1.29, 1.82) is 0 Å². The van der Waals surface area contributed by atoms with Gasteiger partial charge in [0.25, 0.3) is 0 Å². The second-order valence-corrected chi connectivity index (χ2v) is 3.13. The Morgan fingerprint density at radius 1 is 1.00 bits per heavy atom. The van der Waals surface area contributed by atoms with Crippen molar-refractivity contribution in [2.24, 2.45) is 5.92 Å². The summed E-state index contributed by atoms with van der Waals surface area (Å²) in [6, 6.07) is 0. The second-order valence-electron chi connectivity index (χ2n) is 3.13. The molecule has 0 aromatic heterocycles. The van der Waals surface area contributed by atoms with E-state index in [1.165, 1.54) is 0 Å². The summed E-state index contributed by atoms with van der Waals surface area (Å²) in [5, 5.41) is 0. The zero-order chi connectivity index (χ0) is 12.1. The molecule has 15 heavy (non-hydrogen) atoms. The average molecular weight is 234 g/mol. The van der Waals surface area contributed by atoms with Crippen molar-refractivity contribution >= 4 is 0 Å². The van der Waals surface area contributed by atoms with Gasteiger partial charge in [0.05, 0.1) is 0 Å². The third-order valence-electron chi connectivity index (χ3n) is 1.76. The maximum absolute atomic E-state index is 12.0. The van der Waals surface area contributed by atoms with Crippen LogP contribution in [0.4, 0.5) is 26.3 Å². The van der Waals surface area contributed by atoms with Crippen molar-refractivity contribution < 1.29 is 26.3 Å². The van der Waals surface area contributed by atoms with Gasteiger partial charge in [-0.25, -0.2) is 0 Å². The molecule has 0 unspecified atom stereocenters. The Balaban J connectivity index is 4.47. The van der Waals surface area contributed by atoms with Gasteiger partial charge in [-0.3, -0.25) is 0 Å². The molecule has 90 valence electrons. The van der Waals surface area contributed by atoms with E-state index in [1.807, 2.05) is 0 Å². The third-order valence-corrected chi connectivity index (χ3v) is 1.76. The Hall–Kier alpha value is -0.680. The number of halogens is 6. The molecule has 0 rings (SSSR count). The lowest BCUT2D eigenvalue weighted by Gasteiger charge is -2.19. The van der Waals surface area contributed by atoms with Crippen molar-refractivity contribution in [3.05, 3.63) is 12.2 Å². The average Bonchev–Trinajstić information content (AvgIpc) is 1.99. The molecule has 0 saturated heterocycles. The molecule has 0 aliphatic rings. The molecule has 0 aliphatic carbocycles. The van der Waals surface area contributed by atoms with Crippen LogP contribution in [0, 0.1) is 5.92 Å². The Bertz CT molecular complexity index is 186. The molecule has 0 radical (unpaired) electrons. The smallest absolute Gasteiger partial charge is 0.170 e. The third kappa shape index (κ3) is 5.69. The highest BCUT2D eigenvalue weighted by Crippen LogP contribution is 2.40. The Morgan fingerprint density at radius 3 is 1.80 bits per heavy atom. The van der Waals surface area contributed by atoms with E-state index in [1.54, 1.807) is 6.92 Å². The molecule has 0 aliphatic heterocycles. The number of unbranched alkanes of at least 4 members (excludes halogenated alkanes) is 2. The Kier molecular flexibility index (Phi) is 5.17. The minimum Gasteiger partial charge on any atom is -0.170 e. The van der Waals surface area contributed by atoms with E-state index < -0.39 is 18.3 Å². The van der Waals surface area contributed by atoms with Crippen LogP contribution >= 0.6 is 0 Å². The van der Waals surface area contributed by atoms with Gasteiger partial charge in [-0.1, -0.05) is 31.9 Å². The minimum atomic E-state index is -5.26. The molecule has 0 N–H and O–H groups in total. The molecular formula is C9H12F6. The first-order valence-electron chi connectivity index (χ1n) is 4.49. The van der Waals surface area contributed by atoms with Crippen LogP contribution in [0.3, 0.4) is 0 Å². The summed E-state index contributed by atoms with van der Waals surface area (Å²) in [6.07, 6.45) is -7.85. The fourth-order valence-corrected chi connectivity index (χ4v) is 0.958. The molecule has 6 heteroatoms. The molecule has 0 heterocycles. The molecular weight excluding hydrogens is 222 g/mol. The molecule has 0 atom stereocenters. The summed E-state index contributed by atoms with van der Waals surface area (Å²) in [5.74, 6) is -3.35. The maximum Gasteiger partial charge on any atom is 0.403 e. The summed E-state index contributed by atoms with van der Waals surface area (Å²) in [4.78, 5) is 0. The predicted molar refractivity (Wildman–Crippen MR) is 44.3 cm³/mol. The van der Waals surface area contributed by atoms with E-state index in [0.29, 0.717) is 6.42 Å². The van der Waals surface area contributed by atoms with Crippen molar-refractivity contribution in [2.45, 2.75) is 38.5 Å². The van der Waals surface area contributed by atoms with Crippen LogP contribution in [0.2, 0.25) is 0 Å². The van der Waals surface area contributed by atoms with Gasteiger partial charge in [0, 0.05) is 0 Å². The highest BCUT2D eigenvalue weighted by atomic mass is 19.4. The van der Waals surface area contributed by atoms with E-state index in [0.717, 1.165) is 12.5 Å². The van der Waals surface area contributed by atoms with E-state index in [-0.39, 0.29) is 12.5 Å². The van der Waals surface area contributed by atoms with Crippen LogP contribution in [0.15, 0.2) is 12.2 Å². The largest absolute Gasteiger partial charge is 0.403 e. The van der Waals surface area contributed by atoms with Gasteiger partial charge in [-0.15, -0.1) is 0 Å². The van der Waals surface area contributed by atoms with E-state index in [4.69, 9.17) is 0 Å². The lowest BCUT2D eigenvalue weighted by Crippen LogP contribution is -2.34. The van der Waals surface area contributed by atoms with E-state index >= 15 is 0 Å². The van der Waals surface area contributed by atoms with E-state index in [9.17, 15) is 26.3 Å². The Labute approximate surface area is 84.0 Å². The quantitative estimate of drug-likeness (QED) is 0.382. The monoisotopic (exact) mass is 234 g/mol. The number of rotatable bonds is 4. The zero-order valence-electron chi connectivity index (χ0n) is 8.12. The van der Waals surface area contributed by atoms with Crippen LogP contribution in [-0.2, 0) is 0 Å². The SMILES string of the molecule is CCCCC=CC(C(F)(F)F)C(F)(F)F. The van der Waals surface area contributed by atoms with Gasteiger partial charge in [0.15, 0.2) is 5.92 Å². The molecule has 0 spiro atoms. The van der Waals surface area contributed by atoms with Crippen molar-refractivity contribution in [2.75, 3.05) is 0 Å². The second kappa shape index (κ2) is 5.42. The van der Waals surface area contributed by atoms with Gasteiger partial charge >= 0.3 is 12.4 Å². The molecule has 0 fully saturated rings. The summed E-state index contributed by atoms with van der Waals surface area (Å²) in [5.41, 5.74) is 0. The summed E-state index contributed by atoms with van der Waals surface area (Å²) in [6.45, 7) is 1.80. The zero-order valence-corrected chi connectivity index (χ0v) is 8.12.